The SMILES string of the molecule is Clc1cccc(C[N+]2(Cc3cccc(Cl)c3)C=CN=C2)c1. The monoisotopic (exact) mass is 317 g/mol. The first kappa shape index (κ1) is 14.3. The maximum Gasteiger partial charge on any atom is 0.195 e. The third-order valence-corrected chi connectivity index (χ3v) is 3.95. The minimum atomic E-state index is 0.640. The summed E-state index contributed by atoms with van der Waals surface area (Å²) in [7, 11) is 0. The van der Waals surface area contributed by atoms with Crippen molar-refractivity contribution in [2.45, 2.75) is 13.1 Å². The second kappa shape index (κ2) is 6.02. The molecule has 0 fully saturated rings. The molecule has 0 saturated carbocycles. The topological polar surface area (TPSA) is 12.4 Å². The van der Waals surface area contributed by atoms with Gasteiger partial charge < -0.3 is 0 Å². The molecule has 0 spiro atoms. The molecule has 0 saturated heterocycles. The van der Waals surface area contributed by atoms with Crippen molar-refractivity contribution in [1.29, 1.82) is 0 Å². The average Bonchev–Trinajstić information content (AvgIpc) is 2.87. The second-order valence-corrected chi connectivity index (χ2v) is 6.11. The summed E-state index contributed by atoms with van der Waals surface area (Å²) in [5, 5.41) is 1.52. The van der Waals surface area contributed by atoms with Crippen LogP contribution >= 0.6 is 23.2 Å². The summed E-state index contributed by atoms with van der Waals surface area (Å²) in [5.74, 6) is 0. The van der Waals surface area contributed by atoms with Gasteiger partial charge in [-0.05, 0) is 24.3 Å². The Labute approximate surface area is 134 Å². The van der Waals surface area contributed by atoms with Crippen molar-refractivity contribution in [2.24, 2.45) is 4.99 Å². The predicted octanol–water partition coefficient (Wildman–Crippen LogP) is 5.02. The fraction of sp³-hybridized carbons (Fsp3) is 0.118. The van der Waals surface area contributed by atoms with Gasteiger partial charge in [0.2, 0.25) is 0 Å². The largest absolute Gasteiger partial charge is 0.246 e. The summed E-state index contributed by atoms with van der Waals surface area (Å²) >= 11 is 12.2. The van der Waals surface area contributed by atoms with E-state index in [0.717, 1.165) is 23.1 Å². The number of nitrogens with zero attached hydrogens (tertiary/aromatic N) is 2. The Morgan fingerprint density at radius 1 is 0.857 bits per heavy atom. The molecule has 1 aliphatic heterocycles. The van der Waals surface area contributed by atoms with E-state index in [-0.39, 0.29) is 0 Å². The zero-order valence-electron chi connectivity index (χ0n) is 11.4. The Bertz CT molecular complexity index is 646. The van der Waals surface area contributed by atoms with E-state index in [1.165, 1.54) is 11.1 Å². The van der Waals surface area contributed by atoms with Gasteiger partial charge in [0.25, 0.3) is 0 Å². The molecule has 0 aromatic heterocycles. The Morgan fingerprint density at radius 3 is 1.86 bits per heavy atom. The van der Waals surface area contributed by atoms with E-state index in [2.05, 4.69) is 23.3 Å². The van der Waals surface area contributed by atoms with Crippen molar-refractivity contribution < 1.29 is 4.48 Å². The van der Waals surface area contributed by atoms with Gasteiger partial charge in [0.05, 0.1) is 6.20 Å². The van der Waals surface area contributed by atoms with E-state index < -0.39 is 0 Å². The van der Waals surface area contributed by atoms with Gasteiger partial charge in [0.1, 0.15) is 19.3 Å². The molecule has 0 amide bonds. The van der Waals surface area contributed by atoms with E-state index in [1.54, 1.807) is 0 Å². The molecule has 2 aromatic carbocycles. The Hall–Kier alpha value is -1.61. The maximum absolute atomic E-state index is 6.08. The van der Waals surface area contributed by atoms with E-state index in [0.29, 0.717) is 4.48 Å². The first-order chi connectivity index (χ1) is 10.2. The van der Waals surface area contributed by atoms with Crippen molar-refractivity contribution >= 4 is 29.5 Å². The van der Waals surface area contributed by atoms with E-state index in [4.69, 9.17) is 23.2 Å². The summed E-state index contributed by atoms with van der Waals surface area (Å²) in [4.78, 5) is 4.27. The van der Waals surface area contributed by atoms with Crippen LogP contribution in [0.4, 0.5) is 0 Å². The molecule has 1 aliphatic rings. The van der Waals surface area contributed by atoms with E-state index in [9.17, 15) is 0 Å². The lowest BCUT2D eigenvalue weighted by Gasteiger charge is -2.27. The number of halogens is 2. The summed E-state index contributed by atoms with van der Waals surface area (Å²) in [6.07, 6.45) is 5.90. The molecule has 21 heavy (non-hydrogen) atoms. The molecule has 0 atom stereocenters. The first-order valence-corrected chi connectivity index (χ1v) is 7.48. The highest BCUT2D eigenvalue weighted by Gasteiger charge is 2.27. The average molecular weight is 318 g/mol. The van der Waals surface area contributed by atoms with Crippen LogP contribution in [0, 0.1) is 0 Å². The normalized spacial score (nSPS) is 15.5. The van der Waals surface area contributed by atoms with Crippen LogP contribution in [-0.4, -0.2) is 10.8 Å². The molecule has 0 radical (unpaired) electrons. The van der Waals surface area contributed by atoms with Crippen LogP contribution in [0.3, 0.4) is 0 Å². The Balaban J connectivity index is 1.87. The molecule has 0 N–H and O–H groups in total. The smallest absolute Gasteiger partial charge is 0.195 e. The highest BCUT2D eigenvalue weighted by atomic mass is 35.5. The molecule has 0 unspecified atom stereocenters. The predicted molar refractivity (Wildman–Crippen MR) is 88.2 cm³/mol. The van der Waals surface area contributed by atoms with Crippen LogP contribution in [0.25, 0.3) is 0 Å². The van der Waals surface area contributed by atoms with Gasteiger partial charge in [-0.2, -0.15) is 0 Å². The van der Waals surface area contributed by atoms with Crippen LogP contribution in [0.1, 0.15) is 11.1 Å². The molecule has 2 nitrogen and oxygen atoms in total. The van der Waals surface area contributed by atoms with Gasteiger partial charge in [-0.1, -0.05) is 47.5 Å². The fourth-order valence-electron chi connectivity index (χ4n) is 2.57. The third kappa shape index (κ3) is 3.53. The van der Waals surface area contributed by atoms with Crippen LogP contribution in [0.5, 0.6) is 0 Å². The second-order valence-electron chi connectivity index (χ2n) is 5.24. The molecular weight excluding hydrogens is 303 g/mol. The Kier molecular flexibility index (Phi) is 4.11. The van der Waals surface area contributed by atoms with Crippen molar-refractivity contribution in [2.75, 3.05) is 0 Å². The number of rotatable bonds is 4. The number of hydrogen-bond donors (Lipinski definition) is 0. The summed E-state index contributed by atoms with van der Waals surface area (Å²) in [5.41, 5.74) is 2.37. The highest BCUT2D eigenvalue weighted by Crippen LogP contribution is 2.24. The molecule has 4 heteroatoms. The summed E-state index contributed by atoms with van der Waals surface area (Å²) in [6.45, 7) is 1.63. The van der Waals surface area contributed by atoms with Crippen LogP contribution < -0.4 is 0 Å². The van der Waals surface area contributed by atoms with E-state index >= 15 is 0 Å². The van der Waals surface area contributed by atoms with Gasteiger partial charge in [0, 0.05) is 21.2 Å². The van der Waals surface area contributed by atoms with Crippen molar-refractivity contribution in [3.63, 3.8) is 0 Å². The van der Waals surface area contributed by atoms with Crippen LogP contribution in [0.2, 0.25) is 10.0 Å². The molecule has 0 bridgehead atoms. The number of benzene rings is 2. The van der Waals surface area contributed by atoms with Gasteiger partial charge in [0.15, 0.2) is 6.34 Å². The minimum absolute atomic E-state index is 0.640. The van der Waals surface area contributed by atoms with Crippen LogP contribution in [0.15, 0.2) is 65.9 Å². The maximum atomic E-state index is 6.08. The lowest BCUT2D eigenvalue weighted by Crippen LogP contribution is -2.38. The number of hydrogen-bond acceptors (Lipinski definition) is 1. The Morgan fingerprint density at radius 2 is 1.43 bits per heavy atom. The van der Waals surface area contributed by atoms with Crippen molar-refractivity contribution in [1.82, 2.24) is 0 Å². The number of quaternary nitrogens is 1. The van der Waals surface area contributed by atoms with Crippen molar-refractivity contribution in [3.05, 3.63) is 82.1 Å². The molecule has 0 aliphatic carbocycles. The lowest BCUT2D eigenvalue weighted by molar-refractivity contribution is -0.808. The lowest BCUT2D eigenvalue weighted by atomic mass is 10.1. The number of aliphatic imine (C=N–C) groups is 1. The first-order valence-electron chi connectivity index (χ1n) is 6.73. The van der Waals surface area contributed by atoms with Gasteiger partial charge >= 0.3 is 0 Å². The molecular formula is C17H15Cl2N2+. The summed E-state index contributed by atoms with van der Waals surface area (Å²) in [6, 6.07) is 15.9. The molecule has 1 heterocycles. The molecule has 106 valence electrons. The zero-order chi connectivity index (χ0) is 14.7. The van der Waals surface area contributed by atoms with Gasteiger partial charge in [-0.25, -0.2) is 9.48 Å². The van der Waals surface area contributed by atoms with Gasteiger partial charge in [-0.15, -0.1) is 0 Å². The van der Waals surface area contributed by atoms with Gasteiger partial charge in [-0.3, -0.25) is 0 Å². The third-order valence-electron chi connectivity index (χ3n) is 3.48. The summed E-state index contributed by atoms with van der Waals surface area (Å²) < 4.78 is 0.640. The minimum Gasteiger partial charge on any atom is -0.246 e. The quantitative estimate of drug-likeness (QED) is 0.702. The van der Waals surface area contributed by atoms with Crippen molar-refractivity contribution in [3.8, 4) is 0 Å². The zero-order valence-corrected chi connectivity index (χ0v) is 12.9. The highest BCUT2D eigenvalue weighted by molar-refractivity contribution is 6.30. The molecule has 3 rings (SSSR count). The fourth-order valence-corrected chi connectivity index (χ4v) is 3.00. The van der Waals surface area contributed by atoms with Crippen LogP contribution in [-0.2, 0) is 13.1 Å². The molecule has 2 aromatic rings. The standard InChI is InChI=1S/C17H15Cl2N2/c18-16-5-1-3-14(9-16)11-21(8-7-20-13-21)12-15-4-2-6-17(19)10-15/h1-10,13H,11-12H2/q+1. The van der Waals surface area contributed by atoms with E-state index in [1.807, 2.05) is 48.9 Å².